The summed E-state index contributed by atoms with van der Waals surface area (Å²) in [6.07, 6.45) is -1.60. The molecule has 0 aromatic carbocycles. The van der Waals surface area contributed by atoms with Crippen molar-refractivity contribution >= 4 is 5.95 Å². The summed E-state index contributed by atoms with van der Waals surface area (Å²) in [4.78, 5) is 9.32. The molecule has 7 heteroatoms. The van der Waals surface area contributed by atoms with Gasteiger partial charge in [0.2, 0.25) is 5.95 Å². The Bertz CT molecular complexity index is 439. The van der Waals surface area contributed by atoms with Crippen molar-refractivity contribution in [2.24, 2.45) is 11.1 Å². The third-order valence-electron chi connectivity index (χ3n) is 3.68. The molecule has 0 bridgehead atoms. The summed E-state index contributed by atoms with van der Waals surface area (Å²) < 4.78 is 37.8. The lowest BCUT2D eigenvalue weighted by molar-refractivity contribution is -0.141. The average molecular weight is 274 g/mol. The van der Waals surface area contributed by atoms with E-state index in [0.717, 1.165) is 25.1 Å². The van der Waals surface area contributed by atoms with E-state index in [1.807, 2.05) is 0 Å². The minimum absolute atomic E-state index is 0.0676. The van der Waals surface area contributed by atoms with E-state index in [0.29, 0.717) is 19.6 Å². The first-order valence-electron chi connectivity index (χ1n) is 6.19. The van der Waals surface area contributed by atoms with E-state index in [1.165, 1.54) is 0 Å². The molecule has 1 aliphatic heterocycles. The highest BCUT2D eigenvalue weighted by molar-refractivity contribution is 5.31. The molecule has 2 N–H and O–H groups in total. The Balaban J connectivity index is 2.12. The molecule has 2 heterocycles. The van der Waals surface area contributed by atoms with Gasteiger partial charge in [-0.1, -0.05) is 6.92 Å². The summed E-state index contributed by atoms with van der Waals surface area (Å²) in [7, 11) is 0. The molecular weight excluding hydrogens is 257 g/mol. The standard InChI is InChI=1S/C12H17F3N4/c1-11(8-16)3-6-19(7-4-11)10-17-5-2-9(18-10)12(13,14)15/h2,5H,3-4,6-8,16H2,1H3. The topological polar surface area (TPSA) is 55.0 Å². The summed E-state index contributed by atoms with van der Waals surface area (Å²) >= 11 is 0. The van der Waals surface area contributed by atoms with Crippen LogP contribution in [0.4, 0.5) is 19.1 Å². The Kier molecular flexibility index (Phi) is 3.66. The molecule has 19 heavy (non-hydrogen) atoms. The van der Waals surface area contributed by atoms with Crippen LogP contribution in [0.15, 0.2) is 12.3 Å². The van der Waals surface area contributed by atoms with Gasteiger partial charge in [-0.15, -0.1) is 0 Å². The fourth-order valence-electron chi connectivity index (χ4n) is 2.11. The fourth-order valence-corrected chi connectivity index (χ4v) is 2.11. The van der Waals surface area contributed by atoms with E-state index >= 15 is 0 Å². The number of nitrogens with zero attached hydrogens (tertiary/aromatic N) is 3. The number of hydrogen-bond donors (Lipinski definition) is 1. The van der Waals surface area contributed by atoms with E-state index < -0.39 is 11.9 Å². The van der Waals surface area contributed by atoms with E-state index in [4.69, 9.17) is 5.73 Å². The molecule has 4 nitrogen and oxygen atoms in total. The first kappa shape index (κ1) is 14.0. The first-order valence-corrected chi connectivity index (χ1v) is 6.19. The molecule has 1 aliphatic rings. The number of hydrogen-bond acceptors (Lipinski definition) is 4. The van der Waals surface area contributed by atoms with Gasteiger partial charge in [-0.25, -0.2) is 9.97 Å². The number of alkyl halides is 3. The molecule has 0 spiro atoms. The van der Waals surface area contributed by atoms with E-state index in [-0.39, 0.29) is 11.4 Å². The third kappa shape index (κ3) is 3.15. The summed E-state index contributed by atoms with van der Waals surface area (Å²) in [5.41, 5.74) is 4.87. The maximum Gasteiger partial charge on any atom is 0.433 e. The van der Waals surface area contributed by atoms with Crippen molar-refractivity contribution in [3.63, 3.8) is 0 Å². The minimum atomic E-state index is -4.43. The molecule has 0 unspecified atom stereocenters. The van der Waals surface area contributed by atoms with Gasteiger partial charge in [-0.3, -0.25) is 0 Å². The van der Waals surface area contributed by atoms with Crippen molar-refractivity contribution in [1.82, 2.24) is 9.97 Å². The number of halogens is 3. The zero-order valence-corrected chi connectivity index (χ0v) is 10.7. The van der Waals surface area contributed by atoms with Gasteiger partial charge in [0.25, 0.3) is 0 Å². The number of nitrogens with two attached hydrogens (primary N) is 1. The van der Waals surface area contributed by atoms with E-state index in [1.54, 1.807) is 4.90 Å². The van der Waals surface area contributed by atoms with Crippen LogP contribution < -0.4 is 10.6 Å². The number of anilines is 1. The van der Waals surface area contributed by atoms with Gasteiger partial charge >= 0.3 is 6.18 Å². The van der Waals surface area contributed by atoms with Crippen LogP contribution in [0.2, 0.25) is 0 Å². The Morgan fingerprint density at radius 3 is 2.53 bits per heavy atom. The van der Waals surface area contributed by atoms with Crippen LogP contribution in [0, 0.1) is 5.41 Å². The highest BCUT2D eigenvalue weighted by Gasteiger charge is 2.34. The highest BCUT2D eigenvalue weighted by atomic mass is 19.4. The Hall–Kier alpha value is -1.37. The van der Waals surface area contributed by atoms with Crippen LogP contribution in [-0.2, 0) is 6.18 Å². The van der Waals surface area contributed by atoms with Crippen molar-refractivity contribution in [3.8, 4) is 0 Å². The second-order valence-corrected chi connectivity index (χ2v) is 5.24. The van der Waals surface area contributed by atoms with Gasteiger partial charge in [0.15, 0.2) is 0 Å². The molecule has 0 amide bonds. The Morgan fingerprint density at radius 1 is 1.37 bits per heavy atom. The average Bonchev–Trinajstić information content (AvgIpc) is 2.39. The second kappa shape index (κ2) is 4.96. The quantitative estimate of drug-likeness (QED) is 0.897. The molecule has 0 radical (unpaired) electrons. The van der Waals surface area contributed by atoms with E-state index in [9.17, 15) is 13.2 Å². The maximum atomic E-state index is 12.6. The molecule has 0 aliphatic carbocycles. The van der Waals surface area contributed by atoms with Gasteiger partial charge in [-0.05, 0) is 30.9 Å². The highest BCUT2D eigenvalue weighted by Crippen LogP contribution is 2.32. The summed E-state index contributed by atoms with van der Waals surface area (Å²) in [5.74, 6) is 0.147. The van der Waals surface area contributed by atoms with Crippen LogP contribution >= 0.6 is 0 Å². The monoisotopic (exact) mass is 274 g/mol. The van der Waals surface area contributed by atoms with Gasteiger partial charge < -0.3 is 10.6 Å². The zero-order valence-electron chi connectivity index (χ0n) is 10.7. The van der Waals surface area contributed by atoms with Gasteiger partial charge in [0, 0.05) is 19.3 Å². The largest absolute Gasteiger partial charge is 0.433 e. The van der Waals surface area contributed by atoms with Crippen molar-refractivity contribution in [1.29, 1.82) is 0 Å². The van der Waals surface area contributed by atoms with Crippen LogP contribution in [-0.4, -0.2) is 29.6 Å². The SMILES string of the molecule is CC1(CN)CCN(c2nccc(C(F)(F)F)n2)CC1. The fraction of sp³-hybridized carbons (Fsp3) is 0.667. The number of aromatic nitrogens is 2. The molecular formula is C12H17F3N4. The predicted molar refractivity (Wildman–Crippen MR) is 65.6 cm³/mol. The molecule has 2 rings (SSSR count). The number of rotatable bonds is 2. The molecule has 1 saturated heterocycles. The maximum absolute atomic E-state index is 12.6. The smallest absolute Gasteiger partial charge is 0.341 e. The van der Waals surface area contributed by atoms with Crippen LogP contribution in [0.25, 0.3) is 0 Å². The van der Waals surface area contributed by atoms with Gasteiger partial charge in [0.05, 0.1) is 0 Å². The predicted octanol–water partition coefficient (Wildman–Crippen LogP) is 2.06. The molecule has 106 valence electrons. The van der Waals surface area contributed by atoms with Gasteiger partial charge in [-0.2, -0.15) is 13.2 Å². The normalized spacial score (nSPS) is 19.5. The second-order valence-electron chi connectivity index (χ2n) is 5.24. The van der Waals surface area contributed by atoms with Crippen molar-refractivity contribution in [2.45, 2.75) is 25.9 Å². The number of piperidine rings is 1. The van der Waals surface area contributed by atoms with Gasteiger partial charge in [0.1, 0.15) is 5.69 Å². The molecule has 1 aromatic heterocycles. The minimum Gasteiger partial charge on any atom is -0.341 e. The summed E-state index contributed by atoms with van der Waals surface area (Å²) in [6, 6.07) is 0.886. The lowest BCUT2D eigenvalue weighted by Crippen LogP contribution is -2.43. The molecule has 1 aromatic rings. The van der Waals surface area contributed by atoms with Crippen molar-refractivity contribution in [2.75, 3.05) is 24.5 Å². The van der Waals surface area contributed by atoms with Crippen molar-refractivity contribution < 1.29 is 13.2 Å². The third-order valence-corrected chi connectivity index (χ3v) is 3.68. The lowest BCUT2D eigenvalue weighted by Gasteiger charge is -2.38. The van der Waals surface area contributed by atoms with Crippen molar-refractivity contribution in [3.05, 3.63) is 18.0 Å². The first-order chi connectivity index (χ1) is 8.84. The Labute approximate surface area is 109 Å². The zero-order chi connectivity index (χ0) is 14.1. The molecule has 0 saturated carbocycles. The van der Waals surface area contributed by atoms with Crippen LogP contribution in [0.1, 0.15) is 25.5 Å². The lowest BCUT2D eigenvalue weighted by atomic mass is 9.81. The van der Waals surface area contributed by atoms with E-state index in [2.05, 4.69) is 16.9 Å². The van der Waals surface area contributed by atoms with Crippen LogP contribution in [0.5, 0.6) is 0 Å². The van der Waals surface area contributed by atoms with Crippen LogP contribution in [0.3, 0.4) is 0 Å². The Morgan fingerprint density at radius 2 is 2.00 bits per heavy atom. The molecule has 0 atom stereocenters. The molecule has 1 fully saturated rings. The summed E-state index contributed by atoms with van der Waals surface area (Å²) in [5, 5.41) is 0. The summed E-state index contributed by atoms with van der Waals surface area (Å²) in [6.45, 7) is 3.95.